The number of benzene rings is 2. The number of nitrogens with zero attached hydrogens (tertiary/aromatic N) is 2. The van der Waals surface area contributed by atoms with Crippen LogP contribution in [0.1, 0.15) is 196 Å². The molecule has 12 aliphatic rings. The smallest absolute Gasteiger partial charge is 0.410 e. The summed E-state index contributed by atoms with van der Waals surface area (Å²) in [5.74, 6) is 7.75. The summed E-state index contributed by atoms with van der Waals surface area (Å²) < 4.78 is 26.2. The van der Waals surface area contributed by atoms with Crippen LogP contribution in [0, 0.1) is 81.8 Å². The molecule has 4 aliphatic heterocycles. The average Bonchev–Trinajstić information content (AvgIpc) is 3.64. The highest BCUT2D eigenvalue weighted by Gasteiger charge is 2.62. The molecule has 0 bridgehead atoms. The maximum atomic E-state index is 13.5. The number of allylic oxidation sites excluding steroid dienone is 6. The third-order valence-corrected chi connectivity index (χ3v) is 25.8. The highest BCUT2D eigenvalue weighted by Crippen LogP contribution is 2.66. The van der Waals surface area contributed by atoms with E-state index in [0.29, 0.717) is 59.6 Å². The molecule has 8 aliphatic carbocycles. The normalized spacial score (nSPS) is 43.5. The molecule has 0 radical (unpaired) electrons. The van der Waals surface area contributed by atoms with Crippen molar-refractivity contribution in [3.8, 4) is 0 Å². The van der Waals surface area contributed by atoms with Crippen LogP contribution in [-0.2, 0) is 32.2 Å². The van der Waals surface area contributed by atoms with Crippen molar-refractivity contribution in [1.29, 1.82) is 0 Å². The first-order chi connectivity index (χ1) is 39.4. The van der Waals surface area contributed by atoms with E-state index in [-0.39, 0.29) is 47.7 Å². The van der Waals surface area contributed by atoms with Crippen molar-refractivity contribution in [2.45, 2.75) is 234 Å². The van der Waals surface area contributed by atoms with Gasteiger partial charge in [0.25, 0.3) is 0 Å². The van der Waals surface area contributed by atoms with Crippen molar-refractivity contribution in [3.05, 3.63) is 117 Å². The van der Waals surface area contributed by atoms with Crippen LogP contribution in [0.15, 0.2) is 106 Å². The lowest BCUT2D eigenvalue weighted by atomic mass is 9.56. The van der Waals surface area contributed by atoms with Crippen molar-refractivity contribution in [2.75, 3.05) is 13.1 Å². The van der Waals surface area contributed by atoms with Gasteiger partial charge in [0, 0.05) is 24.9 Å². The second-order valence-corrected chi connectivity index (χ2v) is 30.7. The van der Waals surface area contributed by atoms with Gasteiger partial charge < -0.3 is 28.7 Å². The van der Waals surface area contributed by atoms with Crippen molar-refractivity contribution < 1.29 is 28.5 Å². The Morgan fingerprint density at radius 3 is 1.34 bits per heavy atom. The summed E-state index contributed by atoms with van der Waals surface area (Å²) >= 11 is 0. The maximum absolute atomic E-state index is 13.5. The fourth-order valence-electron chi connectivity index (χ4n) is 21.3. The minimum absolute atomic E-state index is 0.0984. The molecular weight excluding hydrogens is 1010 g/mol. The Hall–Kier alpha value is -4.14. The maximum Gasteiger partial charge on any atom is 0.410 e. The van der Waals surface area contributed by atoms with Crippen LogP contribution in [0.3, 0.4) is 0 Å². The van der Waals surface area contributed by atoms with Crippen LogP contribution < -0.4 is 0 Å². The molecule has 0 unspecified atom stereocenters. The van der Waals surface area contributed by atoms with Crippen LogP contribution in [0.4, 0.5) is 9.59 Å². The molecular formula is C74H102N2O6. The molecule has 2 aromatic carbocycles. The Labute approximate surface area is 494 Å². The third kappa shape index (κ3) is 9.84. The average molecular weight is 1120 g/mol. The molecule has 2 amide bonds. The zero-order chi connectivity index (χ0) is 57.0. The van der Waals surface area contributed by atoms with E-state index in [2.05, 4.69) is 81.4 Å². The molecule has 444 valence electrons. The number of carbonyl (C=O) groups is 2. The van der Waals surface area contributed by atoms with Gasteiger partial charge in [-0.25, -0.2) is 9.59 Å². The van der Waals surface area contributed by atoms with E-state index < -0.39 is 0 Å². The first-order valence-corrected chi connectivity index (χ1v) is 33.4. The van der Waals surface area contributed by atoms with Gasteiger partial charge in [-0.05, 0) is 211 Å². The number of fused-ring (bicyclic) bond motifs is 12. The monoisotopic (exact) mass is 1110 g/mol. The molecule has 4 saturated carbocycles. The number of piperidine rings is 2. The van der Waals surface area contributed by atoms with Crippen LogP contribution in [0.25, 0.3) is 0 Å². The van der Waals surface area contributed by atoms with Crippen molar-refractivity contribution in [1.82, 2.24) is 9.80 Å². The predicted octanol–water partition coefficient (Wildman–Crippen LogP) is 17.4. The van der Waals surface area contributed by atoms with Crippen molar-refractivity contribution in [2.24, 2.45) is 81.8 Å². The summed E-state index contributed by atoms with van der Waals surface area (Å²) in [4.78, 5) is 31.1. The lowest BCUT2D eigenvalue weighted by molar-refractivity contribution is -0.0785. The second-order valence-electron chi connectivity index (χ2n) is 30.7. The van der Waals surface area contributed by atoms with Gasteiger partial charge in [0.1, 0.15) is 13.2 Å². The summed E-state index contributed by atoms with van der Waals surface area (Å²) in [7, 11) is 0. The molecule has 14 rings (SSSR count). The van der Waals surface area contributed by atoms with Gasteiger partial charge in [-0.2, -0.15) is 0 Å². The fourth-order valence-corrected chi connectivity index (χ4v) is 21.3. The molecule has 8 fully saturated rings. The molecule has 4 saturated heterocycles. The highest BCUT2D eigenvalue weighted by atomic mass is 16.6. The number of carbonyl (C=O) groups excluding carboxylic acids is 2. The molecule has 20 atom stereocenters. The number of amides is 2. The summed E-state index contributed by atoms with van der Waals surface area (Å²) in [6.45, 7) is 26.4. The van der Waals surface area contributed by atoms with Crippen LogP contribution in [-0.4, -0.2) is 70.6 Å². The number of hydrogen-bond acceptors (Lipinski definition) is 6. The molecule has 2 aromatic rings. The number of rotatable bonds is 4. The molecule has 8 nitrogen and oxygen atoms in total. The summed E-state index contributed by atoms with van der Waals surface area (Å²) in [5, 5.41) is 0. The Kier molecular flexibility index (Phi) is 15.3. The first-order valence-electron chi connectivity index (χ1n) is 33.4. The Balaban J connectivity index is 0.000000154. The molecule has 2 spiro atoms. The SMILES string of the molecule is CC1=C2C[C@H]3[C@@H](CC=C4C[C@@H](C)CC[C@@]43C)[C@@H]2CC[C@@]2(C1)O[C@@H]1C[C@H](C)CN(C(=O)OCc3ccccc3)[C@H]1[C@H]2C.CC1=C2C[C@H]3[C@@H](CC=C4C[C@@H](C)CC[C@@]43C)[C@@H]2CC[C@@]2(C1)O[C@@H]1C[C@H](C)CN(C(=O)OCc3ccccc3)[C@H]1[C@H]2C. The quantitative estimate of drug-likeness (QED) is 0.284. The Morgan fingerprint density at radius 2 is 0.939 bits per heavy atom. The van der Waals surface area contributed by atoms with Gasteiger partial charge in [-0.3, -0.25) is 0 Å². The van der Waals surface area contributed by atoms with Gasteiger partial charge in [0.05, 0.1) is 35.5 Å². The minimum Gasteiger partial charge on any atom is -0.445 e. The molecule has 0 N–H and O–H groups in total. The zero-order valence-corrected chi connectivity index (χ0v) is 52.1. The lowest BCUT2D eigenvalue weighted by Gasteiger charge is -2.49. The first kappa shape index (κ1) is 57.0. The van der Waals surface area contributed by atoms with Gasteiger partial charge in [-0.1, -0.05) is 162 Å². The van der Waals surface area contributed by atoms with Crippen LogP contribution >= 0.6 is 0 Å². The Bertz CT molecular complexity index is 2660. The van der Waals surface area contributed by atoms with E-state index in [0.717, 1.165) is 98.2 Å². The van der Waals surface area contributed by atoms with Crippen LogP contribution in [0.5, 0.6) is 0 Å². The van der Waals surface area contributed by atoms with E-state index in [4.69, 9.17) is 18.9 Å². The topological polar surface area (TPSA) is 77.5 Å². The van der Waals surface area contributed by atoms with Crippen molar-refractivity contribution >= 4 is 12.2 Å². The molecule has 0 aromatic heterocycles. The summed E-state index contributed by atoms with van der Waals surface area (Å²) in [6.07, 6.45) is 27.4. The number of likely N-dealkylation sites (tertiary alicyclic amines) is 2. The van der Waals surface area contributed by atoms with E-state index >= 15 is 0 Å². The standard InChI is InChI=1S/2C37H51NO3/c2*1-23-13-15-36(5)28(17-23)11-12-30-29-14-16-37(20-25(3)31(29)19-32(30)36)26(4)34-33(41-37)18-24(2)21-38(34)35(39)40-22-27-9-7-6-8-10-27/h2*6-11,23-24,26,29-30,32-34H,12-22H2,1-5H3/t2*23-,24-,26+,29-,30-,32-,33+,34-,36-,37-/m00/s1. The van der Waals surface area contributed by atoms with E-state index in [1.54, 1.807) is 33.4 Å². The van der Waals surface area contributed by atoms with Gasteiger partial charge in [0.15, 0.2) is 0 Å². The number of hydrogen-bond donors (Lipinski definition) is 0. The van der Waals surface area contributed by atoms with Crippen molar-refractivity contribution in [3.63, 3.8) is 0 Å². The number of ether oxygens (including phenoxy) is 4. The minimum atomic E-state index is -0.175. The van der Waals surface area contributed by atoms with Gasteiger partial charge in [-0.15, -0.1) is 0 Å². The largest absolute Gasteiger partial charge is 0.445 e. The lowest BCUT2D eigenvalue weighted by Crippen LogP contribution is -2.54. The van der Waals surface area contributed by atoms with E-state index in [1.165, 1.54) is 77.0 Å². The van der Waals surface area contributed by atoms with E-state index in [9.17, 15) is 9.59 Å². The fraction of sp³-hybridized carbons (Fsp3) is 0.703. The summed E-state index contributed by atoms with van der Waals surface area (Å²) in [6, 6.07) is 20.3. The third-order valence-electron chi connectivity index (χ3n) is 25.8. The molecule has 8 heteroatoms. The zero-order valence-electron chi connectivity index (χ0n) is 52.1. The summed E-state index contributed by atoms with van der Waals surface area (Å²) in [5.41, 5.74) is 12.9. The van der Waals surface area contributed by atoms with Gasteiger partial charge in [0.2, 0.25) is 0 Å². The van der Waals surface area contributed by atoms with E-state index in [1.807, 2.05) is 70.5 Å². The second kappa shape index (κ2) is 22.0. The van der Waals surface area contributed by atoms with Gasteiger partial charge >= 0.3 is 12.2 Å². The Morgan fingerprint density at radius 1 is 0.537 bits per heavy atom. The highest BCUT2D eigenvalue weighted by molar-refractivity contribution is 5.69. The van der Waals surface area contributed by atoms with Crippen LogP contribution in [0.2, 0.25) is 0 Å². The predicted molar refractivity (Wildman–Crippen MR) is 326 cm³/mol. The molecule has 82 heavy (non-hydrogen) atoms. The molecule has 4 heterocycles.